The van der Waals surface area contributed by atoms with E-state index in [-0.39, 0.29) is 11.9 Å². The summed E-state index contributed by atoms with van der Waals surface area (Å²) in [6, 6.07) is 26.1. The number of rotatable bonds is 6. The number of hydrogen-bond acceptors (Lipinski definition) is 3. The van der Waals surface area contributed by atoms with Gasteiger partial charge in [0.25, 0.3) is 5.91 Å². The second kappa shape index (κ2) is 8.44. The predicted molar refractivity (Wildman–Crippen MR) is 112 cm³/mol. The molecule has 0 saturated carbocycles. The first-order valence-electron chi connectivity index (χ1n) is 9.37. The molecule has 0 spiro atoms. The van der Waals surface area contributed by atoms with Gasteiger partial charge in [0, 0.05) is 25.0 Å². The lowest BCUT2D eigenvalue weighted by atomic mass is 10.1. The van der Waals surface area contributed by atoms with Gasteiger partial charge in [0.15, 0.2) is 0 Å². The number of carbonyl (C=O) groups is 1. The Morgan fingerprint density at radius 1 is 0.931 bits per heavy atom. The minimum Gasteiger partial charge on any atom is -0.457 e. The molecule has 29 heavy (non-hydrogen) atoms. The van der Waals surface area contributed by atoms with Crippen LogP contribution in [0.1, 0.15) is 27.8 Å². The van der Waals surface area contributed by atoms with Gasteiger partial charge >= 0.3 is 0 Å². The van der Waals surface area contributed by atoms with E-state index in [1.807, 2.05) is 90.6 Å². The van der Waals surface area contributed by atoms with Crippen LogP contribution in [-0.4, -0.2) is 15.5 Å². The van der Waals surface area contributed by atoms with Gasteiger partial charge in [-0.05, 0) is 35.9 Å². The normalized spacial score (nSPS) is 11.6. The van der Waals surface area contributed by atoms with Crippen molar-refractivity contribution < 1.29 is 9.53 Å². The van der Waals surface area contributed by atoms with Crippen molar-refractivity contribution in [2.45, 2.75) is 6.04 Å². The number of carbonyl (C=O) groups excluding carboxylic acids is 1. The fourth-order valence-electron chi connectivity index (χ4n) is 3.14. The number of benzene rings is 3. The first-order chi connectivity index (χ1) is 14.2. The molecule has 0 aliphatic heterocycles. The largest absolute Gasteiger partial charge is 0.457 e. The number of nitrogens with one attached hydrogen (secondary N) is 1. The zero-order valence-corrected chi connectivity index (χ0v) is 16.0. The summed E-state index contributed by atoms with van der Waals surface area (Å²) in [4.78, 5) is 17.5. The summed E-state index contributed by atoms with van der Waals surface area (Å²) in [6.07, 6.45) is 3.59. The standard InChI is InChI=1S/C24H21N3O2/c1-27-16-15-25-23(27)22(18-9-4-2-5-10-18)26-24(28)19-11-8-14-21(17-19)29-20-12-6-3-7-13-20/h2-17,22H,1H3,(H,26,28)/t22-/m1/s1. The number of aryl methyl sites for hydroxylation is 1. The molecule has 1 aromatic heterocycles. The quantitative estimate of drug-likeness (QED) is 0.524. The van der Waals surface area contributed by atoms with Crippen molar-refractivity contribution in [3.05, 3.63) is 114 Å². The Labute approximate surface area is 169 Å². The summed E-state index contributed by atoms with van der Waals surface area (Å²) in [5.74, 6) is 1.90. The third-order valence-corrected chi connectivity index (χ3v) is 4.60. The van der Waals surface area contributed by atoms with Crippen LogP contribution in [0.25, 0.3) is 0 Å². The van der Waals surface area contributed by atoms with Gasteiger partial charge in [-0.3, -0.25) is 4.79 Å². The maximum absolute atomic E-state index is 13.0. The first kappa shape index (κ1) is 18.5. The smallest absolute Gasteiger partial charge is 0.252 e. The number of para-hydroxylation sites is 1. The molecule has 0 radical (unpaired) electrons. The van der Waals surface area contributed by atoms with Crippen LogP contribution in [0.4, 0.5) is 0 Å². The highest BCUT2D eigenvalue weighted by Gasteiger charge is 2.21. The maximum atomic E-state index is 13.0. The average molecular weight is 383 g/mol. The van der Waals surface area contributed by atoms with Crippen LogP contribution in [-0.2, 0) is 7.05 Å². The minimum atomic E-state index is -0.359. The van der Waals surface area contributed by atoms with E-state index < -0.39 is 0 Å². The van der Waals surface area contributed by atoms with E-state index in [2.05, 4.69) is 10.3 Å². The SMILES string of the molecule is Cn1ccnc1[C@H](NC(=O)c1cccc(Oc2ccccc2)c1)c1ccccc1. The van der Waals surface area contributed by atoms with Crippen LogP contribution >= 0.6 is 0 Å². The monoisotopic (exact) mass is 383 g/mol. The van der Waals surface area contributed by atoms with Crippen molar-refractivity contribution in [1.82, 2.24) is 14.9 Å². The Hall–Kier alpha value is -3.86. The molecule has 5 heteroatoms. The molecule has 1 heterocycles. The lowest BCUT2D eigenvalue weighted by Gasteiger charge is -2.19. The predicted octanol–water partition coefficient (Wildman–Crippen LogP) is 4.73. The second-order valence-electron chi connectivity index (χ2n) is 6.66. The molecule has 4 aromatic rings. The van der Waals surface area contributed by atoms with E-state index in [4.69, 9.17) is 4.74 Å². The Morgan fingerprint density at radius 3 is 2.31 bits per heavy atom. The van der Waals surface area contributed by atoms with Crippen molar-refractivity contribution in [3.8, 4) is 11.5 Å². The summed E-state index contributed by atoms with van der Waals surface area (Å²) < 4.78 is 7.76. The molecule has 144 valence electrons. The molecule has 3 aromatic carbocycles. The van der Waals surface area contributed by atoms with Gasteiger partial charge in [-0.1, -0.05) is 54.6 Å². The fraction of sp³-hybridized carbons (Fsp3) is 0.0833. The summed E-state index contributed by atoms with van der Waals surface area (Å²) in [6.45, 7) is 0. The lowest BCUT2D eigenvalue weighted by molar-refractivity contribution is 0.0941. The van der Waals surface area contributed by atoms with Gasteiger partial charge in [0.1, 0.15) is 23.4 Å². The number of hydrogen-bond donors (Lipinski definition) is 1. The van der Waals surface area contributed by atoms with Crippen LogP contribution in [0, 0.1) is 0 Å². The zero-order chi connectivity index (χ0) is 20.1. The van der Waals surface area contributed by atoms with Gasteiger partial charge in [0.05, 0.1) is 0 Å². The molecular formula is C24H21N3O2. The van der Waals surface area contributed by atoms with Crippen molar-refractivity contribution in [1.29, 1.82) is 0 Å². The number of amides is 1. The Morgan fingerprint density at radius 2 is 1.62 bits per heavy atom. The van der Waals surface area contributed by atoms with Crippen LogP contribution in [0.3, 0.4) is 0 Å². The van der Waals surface area contributed by atoms with Crippen LogP contribution in [0.2, 0.25) is 0 Å². The molecule has 0 bridgehead atoms. The van der Waals surface area contributed by atoms with Crippen molar-refractivity contribution in [2.24, 2.45) is 7.05 Å². The Bertz CT molecular complexity index is 1090. The van der Waals surface area contributed by atoms with Crippen LogP contribution < -0.4 is 10.1 Å². The van der Waals surface area contributed by atoms with Crippen LogP contribution in [0.15, 0.2) is 97.3 Å². The summed E-state index contributed by atoms with van der Waals surface area (Å²) >= 11 is 0. The molecule has 1 atom stereocenters. The summed E-state index contributed by atoms with van der Waals surface area (Å²) in [7, 11) is 1.92. The molecule has 0 unspecified atom stereocenters. The van der Waals surface area contributed by atoms with Crippen molar-refractivity contribution in [2.75, 3.05) is 0 Å². The highest BCUT2D eigenvalue weighted by molar-refractivity contribution is 5.95. The molecule has 0 fully saturated rings. The number of aromatic nitrogens is 2. The number of imidazole rings is 1. The highest BCUT2D eigenvalue weighted by atomic mass is 16.5. The zero-order valence-electron chi connectivity index (χ0n) is 16.0. The fourth-order valence-corrected chi connectivity index (χ4v) is 3.14. The molecule has 4 rings (SSSR count). The van der Waals surface area contributed by atoms with Gasteiger partial charge in [-0.15, -0.1) is 0 Å². The van der Waals surface area contributed by atoms with Crippen molar-refractivity contribution >= 4 is 5.91 Å². The average Bonchev–Trinajstić information content (AvgIpc) is 3.19. The van der Waals surface area contributed by atoms with E-state index in [1.54, 1.807) is 18.3 Å². The molecule has 1 amide bonds. The van der Waals surface area contributed by atoms with Gasteiger partial charge in [-0.25, -0.2) is 4.98 Å². The van der Waals surface area contributed by atoms with Crippen molar-refractivity contribution in [3.63, 3.8) is 0 Å². The Kier molecular flexibility index (Phi) is 5.38. The minimum absolute atomic E-state index is 0.194. The Balaban J connectivity index is 1.58. The third-order valence-electron chi connectivity index (χ3n) is 4.60. The van der Waals surface area contributed by atoms with E-state index in [1.165, 1.54) is 0 Å². The van der Waals surface area contributed by atoms with E-state index in [9.17, 15) is 4.79 Å². The van der Waals surface area contributed by atoms with E-state index >= 15 is 0 Å². The molecule has 0 saturated heterocycles. The molecule has 0 aliphatic rings. The maximum Gasteiger partial charge on any atom is 0.252 e. The number of nitrogens with zero attached hydrogens (tertiary/aromatic N) is 2. The van der Waals surface area contributed by atoms with Gasteiger partial charge in [-0.2, -0.15) is 0 Å². The molecule has 1 N–H and O–H groups in total. The lowest BCUT2D eigenvalue weighted by Crippen LogP contribution is -2.31. The topological polar surface area (TPSA) is 56.2 Å². The second-order valence-corrected chi connectivity index (χ2v) is 6.66. The molecule has 0 aliphatic carbocycles. The molecule has 5 nitrogen and oxygen atoms in total. The molecular weight excluding hydrogens is 362 g/mol. The summed E-state index contributed by atoms with van der Waals surface area (Å²) in [5.41, 5.74) is 1.49. The number of ether oxygens (including phenoxy) is 1. The van der Waals surface area contributed by atoms with Gasteiger partial charge in [0.2, 0.25) is 0 Å². The van der Waals surface area contributed by atoms with E-state index in [0.29, 0.717) is 11.3 Å². The highest BCUT2D eigenvalue weighted by Crippen LogP contribution is 2.24. The van der Waals surface area contributed by atoms with Gasteiger partial charge < -0.3 is 14.6 Å². The summed E-state index contributed by atoms with van der Waals surface area (Å²) in [5, 5.41) is 3.11. The van der Waals surface area contributed by atoms with E-state index in [0.717, 1.165) is 17.1 Å². The van der Waals surface area contributed by atoms with Crippen LogP contribution in [0.5, 0.6) is 11.5 Å². The third kappa shape index (κ3) is 4.35. The first-order valence-corrected chi connectivity index (χ1v) is 9.37.